The number of nitrogens with two attached hydrogens (primary N) is 1. The molecule has 0 fully saturated rings. The maximum atomic E-state index is 13.9. The molecule has 39 heavy (non-hydrogen) atoms. The van der Waals surface area contributed by atoms with E-state index in [1.54, 1.807) is 41.4 Å². The highest BCUT2D eigenvalue weighted by atomic mass is 19.4. The Morgan fingerprint density at radius 1 is 0.949 bits per heavy atom. The summed E-state index contributed by atoms with van der Waals surface area (Å²) in [6.45, 7) is 5.16. The van der Waals surface area contributed by atoms with E-state index in [1.165, 1.54) is 12.1 Å². The Kier molecular flexibility index (Phi) is 8.86. The van der Waals surface area contributed by atoms with E-state index >= 15 is 0 Å². The predicted octanol–water partition coefficient (Wildman–Crippen LogP) is 6.81. The fraction of sp³-hybridized carbons (Fsp3) is 0.290. The monoisotopic (exact) mass is 534 g/mol. The molecule has 0 aliphatic heterocycles. The van der Waals surface area contributed by atoms with Gasteiger partial charge in [-0.05, 0) is 42.6 Å². The van der Waals surface area contributed by atoms with Crippen LogP contribution in [0.4, 0.5) is 13.2 Å². The van der Waals surface area contributed by atoms with Gasteiger partial charge >= 0.3 is 6.18 Å². The van der Waals surface area contributed by atoms with Crippen molar-refractivity contribution < 1.29 is 18.0 Å². The zero-order valence-corrected chi connectivity index (χ0v) is 22.1. The Bertz CT molecular complexity index is 1370. The summed E-state index contributed by atoms with van der Waals surface area (Å²) in [7, 11) is 0. The molecule has 204 valence electrons. The quantitative estimate of drug-likeness (QED) is 0.243. The van der Waals surface area contributed by atoms with Crippen LogP contribution in [-0.4, -0.2) is 33.4 Å². The van der Waals surface area contributed by atoms with Gasteiger partial charge < -0.3 is 15.2 Å². The van der Waals surface area contributed by atoms with E-state index in [9.17, 15) is 18.0 Å². The molecular weight excluding hydrogens is 501 g/mol. The lowest BCUT2D eigenvalue weighted by Crippen LogP contribution is -2.40. The molecule has 0 spiro atoms. The van der Waals surface area contributed by atoms with Gasteiger partial charge in [0.1, 0.15) is 5.82 Å². The molecule has 1 atom stereocenters. The van der Waals surface area contributed by atoms with Gasteiger partial charge in [-0.3, -0.25) is 4.79 Å². The van der Waals surface area contributed by atoms with Crippen molar-refractivity contribution in [2.24, 2.45) is 11.7 Å². The summed E-state index contributed by atoms with van der Waals surface area (Å²) in [6.07, 6.45) is -2.30. The highest BCUT2D eigenvalue weighted by Gasteiger charge is 2.36. The zero-order valence-electron chi connectivity index (χ0n) is 22.1. The fourth-order valence-corrected chi connectivity index (χ4v) is 4.83. The molecule has 4 rings (SSSR count). The van der Waals surface area contributed by atoms with Gasteiger partial charge in [0.15, 0.2) is 0 Å². The normalized spacial score (nSPS) is 12.5. The smallest absolute Gasteiger partial charge is 0.330 e. The number of carbonyl (C=O) groups is 1. The molecule has 1 aromatic heterocycles. The topological polar surface area (TPSA) is 64.2 Å². The fourth-order valence-electron chi connectivity index (χ4n) is 4.83. The van der Waals surface area contributed by atoms with Crippen molar-refractivity contribution in [1.82, 2.24) is 14.5 Å². The number of hydrogen-bond acceptors (Lipinski definition) is 3. The van der Waals surface area contributed by atoms with E-state index in [-0.39, 0.29) is 23.1 Å². The average Bonchev–Trinajstić information content (AvgIpc) is 3.33. The van der Waals surface area contributed by atoms with E-state index in [2.05, 4.69) is 0 Å². The largest absolute Gasteiger partial charge is 0.417 e. The highest BCUT2D eigenvalue weighted by molar-refractivity contribution is 5.94. The van der Waals surface area contributed by atoms with Crippen molar-refractivity contribution >= 4 is 5.91 Å². The molecule has 8 heteroatoms. The van der Waals surface area contributed by atoms with Crippen molar-refractivity contribution in [1.29, 1.82) is 0 Å². The summed E-state index contributed by atoms with van der Waals surface area (Å²) in [6, 6.07) is 23.6. The molecular formula is C31H33F3N4O. The Balaban J connectivity index is 1.88. The lowest BCUT2D eigenvalue weighted by molar-refractivity contribution is -0.137. The van der Waals surface area contributed by atoms with Crippen LogP contribution in [0, 0.1) is 5.92 Å². The standard InChI is InChI=1S/C31H33F3N4O/c1-22(2)28(38(19-11-18-35)30(39)24-14-7-4-8-15-24)29-36-27(21-37(29)20-23-12-5-3-6-13-23)25-16-9-10-17-26(25)31(32,33)34/h3-10,12-17,21-22,28H,11,18-20,35H2,1-2H3. The Hall–Kier alpha value is -3.91. The first-order valence-electron chi connectivity index (χ1n) is 13.0. The van der Waals surface area contributed by atoms with Crippen LogP contribution in [0.15, 0.2) is 91.1 Å². The predicted molar refractivity (Wildman–Crippen MR) is 147 cm³/mol. The second-order valence-corrected chi connectivity index (χ2v) is 9.84. The number of nitrogens with zero attached hydrogens (tertiary/aromatic N) is 3. The van der Waals surface area contributed by atoms with Crippen LogP contribution in [0.1, 0.15) is 53.6 Å². The first-order chi connectivity index (χ1) is 18.7. The van der Waals surface area contributed by atoms with Crippen molar-refractivity contribution in [3.63, 3.8) is 0 Å². The van der Waals surface area contributed by atoms with Gasteiger partial charge in [-0.15, -0.1) is 0 Å². The third kappa shape index (κ3) is 6.57. The molecule has 2 N–H and O–H groups in total. The number of rotatable bonds is 10. The number of carbonyl (C=O) groups excluding carboxylic acids is 1. The number of halogens is 3. The highest BCUT2D eigenvalue weighted by Crippen LogP contribution is 2.38. The molecule has 1 unspecified atom stereocenters. The van der Waals surface area contributed by atoms with E-state index < -0.39 is 17.8 Å². The van der Waals surface area contributed by atoms with Gasteiger partial charge in [0.05, 0.1) is 17.3 Å². The van der Waals surface area contributed by atoms with Crippen molar-refractivity contribution in [2.45, 2.75) is 39.0 Å². The first-order valence-corrected chi connectivity index (χ1v) is 13.0. The minimum atomic E-state index is -4.53. The molecule has 0 aliphatic rings. The van der Waals surface area contributed by atoms with Crippen LogP contribution >= 0.6 is 0 Å². The minimum Gasteiger partial charge on any atom is -0.330 e. The molecule has 1 heterocycles. The SMILES string of the molecule is CC(C)C(c1nc(-c2ccccc2C(F)(F)F)cn1Cc1ccccc1)N(CCCN)C(=O)c1ccccc1. The zero-order chi connectivity index (χ0) is 28.0. The van der Waals surface area contributed by atoms with Crippen molar-refractivity contribution in [2.75, 3.05) is 13.1 Å². The molecule has 5 nitrogen and oxygen atoms in total. The van der Waals surface area contributed by atoms with Gasteiger partial charge in [0.2, 0.25) is 0 Å². The minimum absolute atomic E-state index is 0.00321. The van der Waals surface area contributed by atoms with Crippen LogP contribution in [0.3, 0.4) is 0 Å². The molecule has 0 radical (unpaired) electrons. The Labute approximate surface area is 227 Å². The molecule has 0 aliphatic carbocycles. The maximum absolute atomic E-state index is 13.9. The second-order valence-electron chi connectivity index (χ2n) is 9.84. The second kappa shape index (κ2) is 12.3. The lowest BCUT2D eigenvalue weighted by Gasteiger charge is -2.34. The van der Waals surface area contributed by atoms with E-state index in [0.717, 1.165) is 11.6 Å². The molecule has 0 saturated heterocycles. The summed E-state index contributed by atoms with van der Waals surface area (Å²) < 4.78 is 43.7. The molecule has 1 amide bonds. The first kappa shape index (κ1) is 28.1. The van der Waals surface area contributed by atoms with Gasteiger partial charge in [-0.25, -0.2) is 4.98 Å². The molecule has 3 aromatic carbocycles. The third-order valence-corrected chi connectivity index (χ3v) is 6.63. The molecule has 0 saturated carbocycles. The van der Waals surface area contributed by atoms with Crippen LogP contribution in [-0.2, 0) is 12.7 Å². The van der Waals surface area contributed by atoms with Crippen LogP contribution in [0.2, 0.25) is 0 Å². The number of amides is 1. The van der Waals surface area contributed by atoms with E-state index in [1.807, 2.05) is 54.8 Å². The Morgan fingerprint density at radius 3 is 2.18 bits per heavy atom. The molecule has 0 bridgehead atoms. The number of benzene rings is 3. The summed E-state index contributed by atoms with van der Waals surface area (Å²) in [5, 5.41) is 0. The number of imidazole rings is 1. The number of hydrogen-bond donors (Lipinski definition) is 1. The summed E-state index contributed by atoms with van der Waals surface area (Å²) in [5.74, 6) is 0.273. The summed E-state index contributed by atoms with van der Waals surface area (Å²) in [5.41, 5.74) is 6.80. The van der Waals surface area contributed by atoms with Crippen LogP contribution in [0.25, 0.3) is 11.3 Å². The van der Waals surface area contributed by atoms with Crippen molar-refractivity contribution in [3.8, 4) is 11.3 Å². The van der Waals surface area contributed by atoms with E-state index in [4.69, 9.17) is 10.7 Å². The van der Waals surface area contributed by atoms with Crippen molar-refractivity contribution in [3.05, 3.63) is 114 Å². The van der Waals surface area contributed by atoms with E-state index in [0.29, 0.717) is 37.4 Å². The lowest BCUT2D eigenvalue weighted by atomic mass is 9.99. The van der Waals surface area contributed by atoms with Gasteiger partial charge in [-0.1, -0.05) is 80.6 Å². The summed E-state index contributed by atoms with van der Waals surface area (Å²) in [4.78, 5) is 20.4. The third-order valence-electron chi connectivity index (χ3n) is 6.63. The van der Waals surface area contributed by atoms with Gasteiger partial charge in [0, 0.05) is 30.4 Å². The molecule has 4 aromatic rings. The van der Waals surface area contributed by atoms with Crippen LogP contribution < -0.4 is 5.73 Å². The maximum Gasteiger partial charge on any atom is 0.417 e. The van der Waals surface area contributed by atoms with Gasteiger partial charge in [-0.2, -0.15) is 13.2 Å². The average molecular weight is 535 g/mol. The Morgan fingerprint density at radius 2 is 1.56 bits per heavy atom. The van der Waals surface area contributed by atoms with Gasteiger partial charge in [0.25, 0.3) is 5.91 Å². The number of aromatic nitrogens is 2. The van der Waals surface area contributed by atoms with Crippen LogP contribution in [0.5, 0.6) is 0 Å². The summed E-state index contributed by atoms with van der Waals surface area (Å²) >= 11 is 0. The number of alkyl halides is 3.